The molecule has 14 heavy (non-hydrogen) atoms. The van der Waals surface area contributed by atoms with Crippen LogP contribution in [-0.4, -0.2) is 27.6 Å². The zero-order chi connectivity index (χ0) is 10.3. The molecule has 4 heteroatoms. The average Bonchev–Trinajstić information content (AvgIpc) is 2.68. The molecular formula is C10H12N2O2. The van der Waals surface area contributed by atoms with Crippen LogP contribution in [0.5, 0.6) is 0 Å². The molecule has 1 aromatic heterocycles. The highest BCUT2D eigenvalue weighted by molar-refractivity contribution is 5.99. The van der Waals surface area contributed by atoms with Crippen molar-refractivity contribution in [2.45, 2.75) is 26.4 Å². The summed E-state index contributed by atoms with van der Waals surface area (Å²) in [5, 5.41) is 0. The van der Waals surface area contributed by atoms with Crippen LogP contribution in [0.3, 0.4) is 0 Å². The van der Waals surface area contributed by atoms with Crippen LogP contribution in [0.25, 0.3) is 0 Å². The summed E-state index contributed by atoms with van der Waals surface area (Å²) in [7, 11) is 0. The molecule has 1 unspecified atom stereocenters. The van der Waals surface area contributed by atoms with E-state index in [9.17, 15) is 9.59 Å². The van der Waals surface area contributed by atoms with Crippen molar-refractivity contribution in [3.8, 4) is 0 Å². The summed E-state index contributed by atoms with van der Waals surface area (Å²) in [6.07, 6.45) is 1.75. The average molecular weight is 192 g/mol. The second kappa shape index (κ2) is 2.97. The Hall–Kier alpha value is -1.58. The smallest absolute Gasteiger partial charge is 0.271 e. The first-order chi connectivity index (χ1) is 6.61. The molecule has 1 aliphatic heterocycles. The number of hydrogen-bond acceptors (Lipinski definition) is 2. The third-order valence-corrected chi connectivity index (χ3v) is 2.70. The molecule has 0 fully saturated rings. The van der Waals surface area contributed by atoms with Crippen LogP contribution < -0.4 is 0 Å². The number of rotatable bonds is 2. The van der Waals surface area contributed by atoms with Gasteiger partial charge in [-0.15, -0.1) is 0 Å². The van der Waals surface area contributed by atoms with Crippen molar-refractivity contribution >= 4 is 11.7 Å². The maximum absolute atomic E-state index is 11.7. The van der Waals surface area contributed by atoms with Gasteiger partial charge < -0.3 is 9.88 Å². The van der Waals surface area contributed by atoms with Crippen LogP contribution >= 0.6 is 0 Å². The van der Waals surface area contributed by atoms with Gasteiger partial charge in [-0.25, -0.2) is 0 Å². The van der Waals surface area contributed by atoms with Gasteiger partial charge in [-0.1, -0.05) is 0 Å². The highest BCUT2D eigenvalue weighted by atomic mass is 16.2. The van der Waals surface area contributed by atoms with Gasteiger partial charge in [-0.3, -0.25) is 9.59 Å². The topological polar surface area (TPSA) is 53.2 Å². The first kappa shape index (κ1) is 8.99. The Morgan fingerprint density at radius 2 is 2.36 bits per heavy atom. The molecule has 0 saturated carbocycles. The number of fused-ring (bicyclic) bond motifs is 1. The molecule has 2 rings (SSSR count). The van der Waals surface area contributed by atoms with E-state index in [0.717, 1.165) is 5.56 Å². The Bertz CT molecular complexity index is 395. The number of nitrogens with zero attached hydrogens (tertiary/aromatic N) is 1. The van der Waals surface area contributed by atoms with Gasteiger partial charge in [0.25, 0.3) is 5.91 Å². The number of amides is 1. The van der Waals surface area contributed by atoms with Crippen molar-refractivity contribution in [3.63, 3.8) is 0 Å². The van der Waals surface area contributed by atoms with Gasteiger partial charge in [-0.05, 0) is 19.9 Å². The predicted molar refractivity (Wildman–Crippen MR) is 50.8 cm³/mol. The van der Waals surface area contributed by atoms with E-state index in [1.54, 1.807) is 18.0 Å². The third-order valence-electron chi connectivity index (χ3n) is 2.70. The maximum atomic E-state index is 11.7. The number of H-pyrrole nitrogens is 1. The van der Waals surface area contributed by atoms with E-state index in [-0.39, 0.29) is 17.7 Å². The van der Waals surface area contributed by atoms with Gasteiger partial charge in [0.1, 0.15) is 5.69 Å². The molecular weight excluding hydrogens is 180 g/mol. The summed E-state index contributed by atoms with van der Waals surface area (Å²) in [6, 6.07) is 1.54. The lowest BCUT2D eigenvalue weighted by molar-refractivity contribution is -0.120. The summed E-state index contributed by atoms with van der Waals surface area (Å²) in [4.78, 5) is 27.4. The van der Waals surface area contributed by atoms with E-state index in [4.69, 9.17) is 0 Å². The summed E-state index contributed by atoms with van der Waals surface area (Å²) in [6.45, 7) is 3.80. The number of aromatic nitrogens is 1. The van der Waals surface area contributed by atoms with Crippen LogP contribution in [-0.2, 0) is 11.3 Å². The Labute approximate surface area is 81.9 Å². The second-order valence-electron chi connectivity index (χ2n) is 3.60. The minimum absolute atomic E-state index is 0.0171. The summed E-state index contributed by atoms with van der Waals surface area (Å²) >= 11 is 0. The highest BCUT2D eigenvalue weighted by Crippen LogP contribution is 2.23. The summed E-state index contributed by atoms with van der Waals surface area (Å²) in [5.41, 5.74) is 1.60. The van der Waals surface area contributed by atoms with E-state index in [0.29, 0.717) is 12.2 Å². The number of Topliss-reactive ketones (excluding diaryl/α,β-unsaturated/α-hetero) is 1. The normalized spacial score (nSPS) is 17.0. The quantitative estimate of drug-likeness (QED) is 0.758. The first-order valence-corrected chi connectivity index (χ1v) is 4.59. The Kier molecular flexibility index (Phi) is 1.91. The van der Waals surface area contributed by atoms with Crippen molar-refractivity contribution < 1.29 is 9.59 Å². The molecule has 1 aliphatic rings. The third kappa shape index (κ3) is 1.14. The monoisotopic (exact) mass is 192 g/mol. The number of nitrogens with one attached hydrogen (secondary N) is 1. The van der Waals surface area contributed by atoms with Gasteiger partial charge in [0.15, 0.2) is 5.78 Å². The van der Waals surface area contributed by atoms with Crippen molar-refractivity contribution in [1.29, 1.82) is 0 Å². The van der Waals surface area contributed by atoms with Gasteiger partial charge in [0.2, 0.25) is 0 Å². The second-order valence-corrected chi connectivity index (χ2v) is 3.60. The van der Waals surface area contributed by atoms with E-state index in [1.165, 1.54) is 6.92 Å². The number of ketones is 1. The van der Waals surface area contributed by atoms with Crippen molar-refractivity contribution in [1.82, 2.24) is 9.88 Å². The molecule has 0 spiro atoms. The minimum atomic E-state index is -0.330. The van der Waals surface area contributed by atoms with Gasteiger partial charge >= 0.3 is 0 Å². The van der Waals surface area contributed by atoms with Crippen LogP contribution in [0.15, 0.2) is 12.3 Å². The molecule has 74 valence electrons. The van der Waals surface area contributed by atoms with Crippen molar-refractivity contribution in [2.24, 2.45) is 0 Å². The van der Waals surface area contributed by atoms with Gasteiger partial charge in [0.05, 0.1) is 6.04 Å². The molecule has 1 amide bonds. The number of hydrogen-bond donors (Lipinski definition) is 1. The molecule has 0 radical (unpaired) electrons. The number of carbonyl (C=O) groups is 2. The SMILES string of the molecule is CC(=O)C(C)N1Cc2cc[nH]c2C1=O. The zero-order valence-electron chi connectivity index (χ0n) is 8.20. The molecule has 1 aromatic rings. The molecule has 0 aromatic carbocycles. The Balaban J connectivity index is 2.26. The molecule has 4 nitrogen and oxygen atoms in total. The lowest BCUT2D eigenvalue weighted by atomic mass is 10.2. The molecule has 0 saturated heterocycles. The molecule has 2 heterocycles. The maximum Gasteiger partial charge on any atom is 0.271 e. The predicted octanol–water partition coefficient (Wildman–Crippen LogP) is 0.948. The molecule has 1 atom stereocenters. The van der Waals surface area contributed by atoms with E-state index in [1.807, 2.05) is 6.07 Å². The zero-order valence-corrected chi connectivity index (χ0v) is 8.20. The minimum Gasteiger partial charge on any atom is -0.357 e. The van der Waals surface area contributed by atoms with Gasteiger partial charge in [0, 0.05) is 18.3 Å². The summed E-state index contributed by atoms with van der Waals surface area (Å²) in [5.74, 6) is -0.0591. The molecule has 0 bridgehead atoms. The number of carbonyl (C=O) groups excluding carboxylic acids is 2. The highest BCUT2D eigenvalue weighted by Gasteiger charge is 2.33. The first-order valence-electron chi connectivity index (χ1n) is 4.59. The fourth-order valence-corrected chi connectivity index (χ4v) is 1.66. The van der Waals surface area contributed by atoms with Crippen LogP contribution in [0.2, 0.25) is 0 Å². The van der Waals surface area contributed by atoms with E-state index in [2.05, 4.69) is 4.98 Å². The summed E-state index contributed by atoms with van der Waals surface area (Å²) < 4.78 is 0. The lowest BCUT2D eigenvalue weighted by Crippen LogP contribution is -2.38. The van der Waals surface area contributed by atoms with Crippen molar-refractivity contribution in [3.05, 3.63) is 23.5 Å². The Morgan fingerprint density at radius 3 is 2.93 bits per heavy atom. The lowest BCUT2D eigenvalue weighted by Gasteiger charge is -2.21. The van der Waals surface area contributed by atoms with Crippen molar-refractivity contribution in [2.75, 3.05) is 0 Å². The largest absolute Gasteiger partial charge is 0.357 e. The van der Waals surface area contributed by atoms with Gasteiger partial charge in [-0.2, -0.15) is 0 Å². The van der Waals surface area contributed by atoms with E-state index < -0.39 is 0 Å². The van der Waals surface area contributed by atoms with Crippen LogP contribution in [0.4, 0.5) is 0 Å². The fraction of sp³-hybridized carbons (Fsp3) is 0.400. The Morgan fingerprint density at radius 1 is 1.64 bits per heavy atom. The van der Waals surface area contributed by atoms with E-state index >= 15 is 0 Å². The molecule has 1 N–H and O–H groups in total. The fourth-order valence-electron chi connectivity index (χ4n) is 1.66. The molecule has 0 aliphatic carbocycles. The number of aromatic amines is 1. The standard InChI is InChI=1S/C10H12N2O2/c1-6(7(2)13)12-5-8-3-4-11-9(8)10(12)14/h3-4,6,11H,5H2,1-2H3. The van der Waals surface area contributed by atoms with Crippen LogP contribution in [0.1, 0.15) is 29.9 Å². The van der Waals surface area contributed by atoms with Crippen LogP contribution in [0, 0.1) is 0 Å².